The van der Waals surface area contributed by atoms with Crippen LogP contribution in [-0.2, 0) is 14.8 Å². The summed E-state index contributed by atoms with van der Waals surface area (Å²) in [6.45, 7) is 0. The number of benzene rings is 1. The molecular weight excluding hydrogens is 254 g/mol. The highest BCUT2D eigenvalue weighted by Crippen LogP contribution is 2.29. The van der Waals surface area contributed by atoms with Crippen molar-refractivity contribution in [1.82, 2.24) is 0 Å². The van der Waals surface area contributed by atoms with E-state index in [0.29, 0.717) is 0 Å². The molecule has 0 bridgehead atoms. The van der Waals surface area contributed by atoms with Crippen LogP contribution in [0.4, 0.5) is 4.39 Å². The predicted octanol–water partition coefficient (Wildman–Crippen LogP) is 2.25. The molecule has 1 N–H and O–H groups in total. The Hall–Kier alpha value is -0.520. The van der Waals surface area contributed by atoms with Gasteiger partial charge in [0.25, 0.3) is 0 Å². The Morgan fingerprint density at radius 1 is 1.43 bits per heavy atom. The molecule has 0 radical (unpaired) electrons. The summed E-state index contributed by atoms with van der Waals surface area (Å²) in [7, 11) is 1.09. The molecule has 0 saturated carbocycles. The standard InChI is InChI=1S/C7H5Cl2FO3S/c8-6-5(11)2-1-4(7(6)10)3-14(9,12)13/h1-2,11H,3H2. The van der Waals surface area contributed by atoms with Gasteiger partial charge < -0.3 is 5.11 Å². The fourth-order valence-corrected chi connectivity index (χ4v) is 2.01. The zero-order valence-corrected chi connectivity index (χ0v) is 9.00. The zero-order chi connectivity index (χ0) is 10.9. The molecule has 0 atom stereocenters. The maximum absolute atomic E-state index is 13.2. The highest BCUT2D eigenvalue weighted by Gasteiger charge is 2.15. The maximum Gasteiger partial charge on any atom is 0.236 e. The lowest BCUT2D eigenvalue weighted by Crippen LogP contribution is -1.98. The van der Waals surface area contributed by atoms with E-state index in [1.807, 2.05) is 0 Å². The van der Waals surface area contributed by atoms with Crippen LogP contribution in [0.15, 0.2) is 12.1 Å². The highest BCUT2D eigenvalue weighted by atomic mass is 35.7. The van der Waals surface area contributed by atoms with Crippen LogP contribution in [-0.4, -0.2) is 13.5 Å². The van der Waals surface area contributed by atoms with Crippen molar-refractivity contribution in [2.24, 2.45) is 0 Å². The number of hydrogen-bond acceptors (Lipinski definition) is 3. The molecule has 0 amide bonds. The molecule has 0 fully saturated rings. The van der Waals surface area contributed by atoms with Crippen LogP contribution < -0.4 is 0 Å². The van der Waals surface area contributed by atoms with Gasteiger partial charge in [0.15, 0.2) is 0 Å². The lowest BCUT2D eigenvalue weighted by molar-refractivity contribution is 0.468. The van der Waals surface area contributed by atoms with E-state index in [-0.39, 0.29) is 5.56 Å². The second kappa shape index (κ2) is 3.92. The minimum atomic E-state index is -3.84. The molecule has 0 aliphatic heterocycles. The van der Waals surface area contributed by atoms with E-state index >= 15 is 0 Å². The summed E-state index contributed by atoms with van der Waals surface area (Å²) in [6.07, 6.45) is 0. The molecule has 78 valence electrons. The van der Waals surface area contributed by atoms with Gasteiger partial charge in [-0.15, -0.1) is 0 Å². The predicted molar refractivity (Wildman–Crippen MR) is 51.6 cm³/mol. The lowest BCUT2D eigenvalue weighted by atomic mass is 10.2. The van der Waals surface area contributed by atoms with Crippen molar-refractivity contribution < 1.29 is 17.9 Å². The van der Waals surface area contributed by atoms with Crippen molar-refractivity contribution in [3.8, 4) is 5.75 Å². The first-order chi connectivity index (χ1) is 6.31. The van der Waals surface area contributed by atoms with Crippen molar-refractivity contribution in [2.75, 3.05) is 0 Å². The SMILES string of the molecule is O=S(=O)(Cl)Cc1ccc(O)c(Cl)c1F. The van der Waals surface area contributed by atoms with Gasteiger partial charge in [-0.2, -0.15) is 0 Å². The topological polar surface area (TPSA) is 54.4 Å². The summed E-state index contributed by atoms with van der Waals surface area (Å²) in [5.74, 6) is -2.09. The Kier molecular flexibility index (Phi) is 3.24. The molecule has 0 aromatic heterocycles. The maximum atomic E-state index is 13.2. The number of phenols is 1. The van der Waals surface area contributed by atoms with E-state index in [2.05, 4.69) is 0 Å². The molecule has 0 heterocycles. The molecule has 1 aromatic rings. The molecule has 1 aromatic carbocycles. The zero-order valence-electron chi connectivity index (χ0n) is 6.67. The first-order valence-electron chi connectivity index (χ1n) is 3.39. The Morgan fingerprint density at radius 2 is 2.00 bits per heavy atom. The quantitative estimate of drug-likeness (QED) is 0.829. The van der Waals surface area contributed by atoms with Gasteiger partial charge in [-0.25, -0.2) is 12.8 Å². The van der Waals surface area contributed by atoms with Gasteiger partial charge in [-0.05, 0) is 6.07 Å². The summed E-state index contributed by atoms with van der Waals surface area (Å²) >= 11 is 5.35. The van der Waals surface area contributed by atoms with Crippen molar-refractivity contribution in [3.63, 3.8) is 0 Å². The average molecular weight is 259 g/mol. The van der Waals surface area contributed by atoms with Crippen LogP contribution in [0.5, 0.6) is 5.75 Å². The molecule has 14 heavy (non-hydrogen) atoms. The second-order valence-corrected chi connectivity index (χ2v) is 5.71. The van der Waals surface area contributed by atoms with E-state index in [4.69, 9.17) is 27.4 Å². The summed E-state index contributed by atoms with van der Waals surface area (Å²) in [4.78, 5) is 0. The Bertz CT molecular complexity index is 458. The van der Waals surface area contributed by atoms with Crippen LogP contribution in [0.3, 0.4) is 0 Å². The molecule has 1 rings (SSSR count). The fourth-order valence-electron chi connectivity index (χ4n) is 0.876. The van der Waals surface area contributed by atoms with Gasteiger partial charge in [0.1, 0.15) is 16.6 Å². The summed E-state index contributed by atoms with van der Waals surface area (Å²) in [6, 6.07) is 2.21. The van der Waals surface area contributed by atoms with E-state index in [9.17, 15) is 12.8 Å². The molecule has 0 unspecified atom stereocenters. The molecular formula is C7H5Cl2FO3S. The van der Waals surface area contributed by atoms with E-state index in [1.54, 1.807) is 0 Å². The van der Waals surface area contributed by atoms with Gasteiger partial charge in [0, 0.05) is 16.2 Å². The van der Waals surface area contributed by atoms with Crippen molar-refractivity contribution in [1.29, 1.82) is 0 Å². The Morgan fingerprint density at radius 3 is 2.50 bits per heavy atom. The number of aromatic hydroxyl groups is 1. The molecule has 0 aliphatic carbocycles. The average Bonchev–Trinajstić information content (AvgIpc) is 2.04. The smallest absolute Gasteiger partial charge is 0.236 e. The monoisotopic (exact) mass is 258 g/mol. The third-order valence-corrected chi connectivity index (χ3v) is 2.81. The van der Waals surface area contributed by atoms with E-state index in [0.717, 1.165) is 12.1 Å². The molecule has 0 saturated heterocycles. The third kappa shape index (κ3) is 2.73. The molecule has 7 heteroatoms. The first kappa shape index (κ1) is 11.6. The molecule has 0 spiro atoms. The fraction of sp³-hybridized carbons (Fsp3) is 0.143. The Balaban J connectivity index is 3.19. The van der Waals surface area contributed by atoms with Gasteiger partial charge in [0.05, 0.1) is 5.75 Å². The minimum Gasteiger partial charge on any atom is -0.506 e. The van der Waals surface area contributed by atoms with Crippen molar-refractivity contribution in [2.45, 2.75) is 5.75 Å². The summed E-state index contributed by atoms with van der Waals surface area (Å²) in [5, 5.41) is 8.46. The van der Waals surface area contributed by atoms with Crippen molar-refractivity contribution in [3.05, 3.63) is 28.5 Å². The second-order valence-electron chi connectivity index (χ2n) is 2.55. The summed E-state index contributed by atoms with van der Waals surface area (Å²) < 4.78 is 34.5. The van der Waals surface area contributed by atoms with E-state index < -0.39 is 31.4 Å². The molecule has 3 nitrogen and oxygen atoms in total. The van der Waals surface area contributed by atoms with Gasteiger partial charge >= 0.3 is 0 Å². The van der Waals surface area contributed by atoms with Crippen LogP contribution in [0.2, 0.25) is 5.02 Å². The highest BCUT2D eigenvalue weighted by molar-refractivity contribution is 8.13. The van der Waals surface area contributed by atoms with Gasteiger partial charge in [-0.1, -0.05) is 17.7 Å². The number of hydrogen-bond donors (Lipinski definition) is 1. The number of rotatable bonds is 2. The van der Waals surface area contributed by atoms with Gasteiger partial charge in [0.2, 0.25) is 9.05 Å². The van der Waals surface area contributed by atoms with Crippen LogP contribution in [0, 0.1) is 5.82 Å². The van der Waals surface area contributed by atoms with Crippen molar-refractivity contribution >= 4 is 31.3 Å². The minimum absolute atomic E-state index is 0.178. The summed E-state index contributed by atoms with van der Waals surface area (Å²) in [5.41, 5.74) is -0.178. The van der Waals surface area contributed by atoms with Crippen LogP contribution >= 0.6 is 22.3 Å². The normalized spacial score (nSPS) is 11.6. The lowest BCUT2D eigenvalue weighted by Gasteiger charge is -2.03. The number of halogens is 3. The third-order valence-electron chi connectivity index (χ3n) is 1.47. The first-order valence-corrected chi connectivity index (χ1v) is 6.25. The van der Waals surface area contributed by atoms with Crippen LogP contribution in [0.25, 0.3) is 0 Å². The van der Waals surface area contributed by atoms with E-state index in [1.165, 1.54) is 0 Å². The molecule has 0 aliphatic rings. The number of phenolic OH excluding ortho intramolecular Hbond substituents is 1. The van der Waals surface area contributed by atoms with Gasteiger partial charge in [-0.3, -0.25) is 0 Å². The Labute approximate surface area is 89.5 Å². The van der Waals surface area contributed by atoms with Crippen LogP contribution in [0.1, 0.15) is 5.56 Å². The largest absolute Gasteiger partial charge is 0.506 e.